The summed E-state index contributed by atoms with van der Waals surface area (Å²) in [4.78, 5) is 12.3. The minimum absolute atomic E-state index is 0.174. The number of carbonyl (C=O) groups excluding carboxylic acids is 1. The molecule has 3 heterocycles. The Morgan fingerprint density at radius 1 is 1.27 bits per heavy atom. The van der Waals surface area contributed by atoms with E-state index in [4.69, 9.17) is 0 Å². The number of aryl methyl sites for hydroxylation is 2. The lowest BCUT2D eigenvalue weighted by atomic mass is 10.2. The van der Waals surface area contributed by atoms with Crippen LogP contribution in [0.15, 0.2) is 30.5 Å². The van der Waals surface area contributed by atoms with Crippen molar-refractivity contribution in [3.05, 3.63) is 53.1 Å². The van der Waals surface area contributed by atoms with Crippen LogP contribution in [-0.4, -0.2) is 25.3 Å². The number of pyridine rings is 1. The molecule has 1 N–H and O–H groups in total. The monoisotopic (exact) mass is 297 g/mol. The first-order valence-electron chi connectivity index (χ1n) is 7.35. The third-order valence-corrected chi connectivity index (χ3v) is 3.86. The molecule has 0 aromatic carbocycles. The minimum atomic E-state index is -0.174. The maximum absolute atomic E-state index is 12.3. The molecule has 0 aliphatic rings. The number of hydrogen-bond donors (Lipinski definition) is 1. The molecule has 0 aliphatic carbocycles. The van der Waals surface area contributed by atoms with Crippen molar-refractivity contribution < 1.29 is 4.79 Å². The van der Waals surface area contributed by atoms with E-state index in [9.17, 15) is 4.79 Å². The Bertz CT molecular complexity index is 797. The normalized spacial score (nSPS) is 11.0. The third-order valence-electron chi connectivity index (χ3n) is 3.86. The molecule has 0 bridgehead atoms. The van der Waals surface area contributed by atoms with E-state index in [1.54, 1.807) is 10.6 Å². The Kier molecular flexibility index (Phi) is 3.66. The molecule has 1 amide bonds. The fraction of sp³-hybridized carbons (Fsp3) is 0.312. The molecule has 0 fully saturated rings. The van der Waals surface area contributed by atoms with Gasteiger partial charge in [0, 0.05) is 30.5 Å². The van der Waals surface area contributed by atoms with Crippen LogP contribution in [0.4, 0.5) is 0 Å². The molecule has 0 radical (unpaired) electrons. The van der Waals surface area contributed by atoms with Crippen LogP contribution in [0.5, 0.6) is 0 Å². The highest BCUT2D eigenvalue weighted by Gasteiger charge is 2.14. The van der Waals surface area contributed by atoms with Crippen molar-refractivity contribution in [3.8, 4) is 0 Å². The van der Waals surface area contributed by atoms with Gasteiger partial charge in [0.15, 0.2) is 5.69 Å². The van der Waals surface area contributed by atoms with E-state index in [1.807, 2.05) is 42.9 Å². The standard InChI is InChI=1S/C16H19N5O/c1-4-20-12(3)14(11(2)18-20)10-17-16(22)15-9-13-7-5-6-8-21(13)19-15/h5-9H,4,10H2,1-3H3,(H,17,22). The van der Waals surface area contributed by atoms with E-state index >= 15 is 0 Å². The van der Waals surface area contributed by atoms with Crippen molar-refractivity contribution >= 4 is 11.4 Å². The minimum Gasteiger partial charge on any atom is -0.346 e. The lowest BCUT2D eigenvalue weighted by Gasteiger charge is -2.04. The van der Waals surface area contributed by atoms with Gasteiger partial charge in [0.2, 0.25) is 0 Å². The van der Waals surface area contributed by atoms with E-state index in [0.717, 1.165) is 29.0 Å². The summed E-state index contributed by atoms with van der Waals surface area (Å²) in [5.74, 6) is -0.174. The van der Waals surface area contributed by atoms with Crippen LogP contribution >= 0.6 is 0 Å². The SMILES string of the molecule is CCn1nc(C)c(CNC(=O)c2cc3ccccn3n2)c1C. The highest BCUT2D eigenvalue weighted by molar-refractivity contribution is 5.93. The van der Waals surface area contributed by atoms with Crippen LogP contribution in [0, 0.1) is 13.8 Å². The first-order chi connectivity index (χ1) is 10.6. The van der Waals surface area contributed by atoms with Crippen LogP contribution in [0.3, 0.4) is 0 Å². The van der Waals surface area contributed by atoms with Crippen molar-refractivity contribution in [1.82, 2.24) is 24.7 Å². The van der Waals surface area contributed by atoms with Crippen molar-refractivity contribution in [3.63, 3.8) is 0 Å². The van der Waals surface area contributed by atoms with E-state index in [1.165, 1.54) is 0 Å². The third kappa shape index (κ3) is 2.47. The quantitative estimate of drug-likeness (QED) is 0.802. The van der Waals surface area contributed by atoms with Gasteiger partial charge in [-0.15, -0.1) is 0 Å². The van der Waals surface area contributed by atoms with E-state index < -0.39 is 0 Å². The van der Waals surface area contributed by atoms with Gasteiger partial charge in [0.05, 0.1) is 11.2 Å². The van der Waals surface area contributed by atoms with Crippen LogP contribution in [0.1, 0.15) is 34.4 Å². The Labute approximate surface area is 128 Å². The summed E-state index contributed by atoms with van der Waals surface area (Å²) in [5.41, 5.74) is 4.44. The highest BCUT2D eigenvalue weighted by Crippen LogP contribution is 2.13. The Balaban J connectivity index is 1.76. The molecule has 3 aromatic rings. The predicted molar refractivity (Wildman–Crippen MR) is 83.7 cm³/mol. The fourth-order valence-corrected chi connectivity index (χ4v) is 2.61. The number of nitrogens with zero attached hydrogens (tertiary/aromatic N) is 4. The molecule has 3 aromatic heterocycles. The molecular weight excluding hydrogens is 278 g/mol. The molecular formula is C16H19N5O. The zero-order valence-corrected chi connectivity index (χ0v) is 13.0. The zero-order chi connectivity index (χ0) is 15.7. The van der Waals surface area contributed by atoms with Crippen molar-refractivity contribution in [2.75, 3.05) is 0 Å². The number of nitrogens with one attached hydrogen (secondary N) is 1. The molecule has 0 atom stereocenters. The maximum atomic E-state index is 12.3. The summed E-state index contributed by atoms with van der Waals surface area (Å²) < 4.78 is 3.64. The summed E-state index contributed by atoms with van der Waals surface area (Å²) >= 11 is 0. The summed E-state index contributed by atoms with van der Waals surface area (Å²) in [7, 11) is 0. The van der Waals surface area contributed by atoms with Gasteiger partial charge in [-0.1, -0.05) is 6.07 Å². The average Bonchev–Trinajstić information content (AvgIpc) is 3.06. The molecule has 0 spiro atoms. The van der Waals surface area contributed by atoms with Crippen molar-refractivity contribution in [1.29, 1.82) is 0 Å². The van der Waals surface area contributed by atoms with Gasteiger partial charge in [-0.05, 0) is 39.0 Å². The summed E-state index contributed by atoms with van der Waals surface area (Å²) in [6.07, 6.45) is 1.83. The maximum Gasteiger partial charge on any atom is 0.272 e. The van der Waals surface area contributed by atoms with E-state index in [-0.39, 0.29) is 5.91 Å². The van der Waals surface area contributed by atoms with Crippen molar-refractivity contribution in [2.24, 2.45) is 0 Å². The smallest absolute Gasteiger partial charge is 0.272 e. The molecule has 114 valence electrons. The summed E-state index contributed by atoms with van der Waals surface area (Å²) in [6, 6.07) is 7.51. The second-order valence-electron chi connectivity index (χ2n) is 5.25. The second kappa shape index (κ2) is 5.63. The molecule has 0 unspecified atom stereocenters. The first-order valence-corrected chi connectivity index (χ1v) is 7.35. The number of hydrogen-bond acceptors (Lipinski definition) is 3. The van der Waals surface area contributed by atoms with E-state index in [2.05, 4.69) is 22.4 Å². The highest BCUT2D eigenvalue weighted by atomic mass is 16.1. The Hall–Kier alpha value is -2.63. The topological polar surface area (TPSA) is 64.2 Å². The van der Waals surface area contributed by atoms with Gasteiger partial charge >= 0.3 is 0 Å². The van der Waals surface area contributed by atoms with Crippen LogP contribution in [-0.2, 0) is 13.1 Å². The van der Waals surface area contributed by atoms with Gasteiger partial charge in [-0.2, -0.15) is 10.2 Å². The number of carbonyl (C=O) groups is 1. The van der Waals surface area contributed by atoms with Gasteiger partial charge in [-0.3, -0.25) is 9.48 Å². The number of amides is 1. The number of rotatable bonds is 4. The first kappa shape index (κ1) is 14.3. The predicted octanol–water partition coefficient (Wildman–Crippen LogP) is 2.10. The number of fused-ring (bicyclic) bond motifs is 1. The molecule has 3 rings (SSSR count). The second-order valence-corrected chi connectivity index (χ2v) is 5.25. The van der Waals surface area contributed by atoms with Crippen molar-refractivity contribution in [2.45, 2.75) is 33.9 Å². The molecule has 6 nitrogen and oxygen atoms in total. The lowest BCUT2D eigenvalue weighted by Crippen LogP contribution is -2.24. The molecule has 0 saturated heterocycles. The Morgan fingerprint density at radius 3 is 2.77 bits per heavy atom. The zero-order valence-electron chi connectivity index (χ0n) is 13.0. The van der Waals surface area contributed by atoms with Crippen LogP contribution < -0.4 is 5.32 Å². The summed E-state index contributed by atoms with van der Waals surface area (Å²) in [5, 5.41) is 11.7. The van der Waals surface area contributed by atoms with Gasteiger partial charge in [0.1, 0.15) is 0 Å². The summed E-state index contributed by atoms with van der Waals surface area (Å²) in [6.45, 7) is 7.33. The Morgan fingerprint density at radius 2 is 2.09 bits per heavy atom. The van der Waals surface area contributed by atoms with Crippen LogP contribution in [0.25, 0.3) is 5.52 Å². The number of aromatic nitrogens is 4. The van der Waals surface area contributed by atoms with E-state index in [0.29, 0.717) is 12.2 Å². The fourth-order valence-electron chi connectivity index (χ4n) is 2.61. The average molecular weight is 297 g/mol. The molecule has 0 saturated carbocycles. The van der Waals surface area contributed by atoms with Gasteiger partial charge < -0.3 is 5.32 Å². The van der Waals surface area contributed by atoms with Gasteiger partial charge in [-0.25, -0.2) is 4.52 Å². The molecule has 0 aliphatic heterocycles. The molecule has 6 heteroatoms. The lowest BCUT2D eigenvalue weighted by molar-refractivity contribution is 0.0945. The molecule has 22 heavy (non-hydrogen) atoms. The largest absolute Gasteiger partial charge is 0.346 e. The van der Waals surface area contributed by atoms with Crippen LogP contribution in [0.2, 0.25) is 0 Å². The van der Waals surface area contributed by atoms with Gasteiger partial charge in [0.25, 0.3) is 5.91 Å².